The molecule has 1 aliphatic rings. The molecule has 0 N–H and O–H groups in total. The van der Waals surface area contributed by atoms with Crippen LogP contribution in [0.2, 0.25) is 5.02 Å². The van der Waals surface area contributed by atoms with E-state index in [1.165, 1.54) is 5.69 Å². The Hall–Kier alpha value is -1.95. The number of nitrogens with zero attached hydrogens (tertiary/aromatic N) is 3. The summed E-state index contributed by atoms with van der Waals surface area (Å²) in [5.41, 5.74) is 2.27. The van der Waals surface area contributed by atoms with Gasteiger partial charge in [0.05, 0.1) is 9.90 Å². The summed E-state index contributed by atoms with van der Waals surface area (Å²) in [6.07, 6.45) is 5.72. The van der Waals surface area contributed by atoms with E-state index in [9.17, 15) is 4.79 Å². The van der Waals surface area contributed by atoms with Gasteiger partial charge in [-0.3, -0.25) is 9.69 Å². The fourth-order valence-electron chi connectivity index (χ4n) is 3.73. The third-order valence-electron chi connectivity index (χ3n) is 5.14. The lowest BCUT2D eigenvalue weighted by Gasteiger charge is -2.32. The highest BCUT2D eigenvalue weighted by molar-refractivity contribution is 7.12. The molecule has 27 heavy (non-hydrogen) atoms. The number of rotatable bonds is 5. The van der Waals surface area contributed by atoms with Crippen LogP contribution in [0, 0.1) is 12.8 Å². The molecule has 1 atom stereocenters. The Bertz CT molecular complexity index is 931. The summed E-state index contributed by atoms with van der Waals surface area (Å²) in [6, 6.07) is 9.96. The van der Waals surface area contributed by atoms with Crippen LogP contribution in [0.15, 0.2) is 48.1 Å². The number of Topliss-reactive ketones (excluding diaryl/α,β-unsaturated/α-hetero) is 1. The maximum Gasteiger partial charge on any atom is 0.177 e. The fourth-order valence-corrected chi connectivity index (χ4v) is 4.79. The molecular formula is C21H22ClN3OS. The standard InChI is InChI=1S/C21H22ClN3OS/c1-15-8-11-27-21(15)20(26)16-4-2-9-24(13-16)14-18-5-3-10-25(18)19-7-6-17(22)12-23-19/h3,5-8,10-12,16H,2,4,9,13-14H2,1H3/t16-/m0/s1. The number of carbonyl (C=O) groups is 1. The highest BCUT2D eigenvalue weighted by Crippen LogP contribution is 2.26. The molecule has 6 heteroatoms. The monoisotopic (exact) mass is 399 g/mol. The first-order valence-electron chi connectivity index (χ1n) is 9.20. The van der Waals surface area contributed by atoms with Crippen LogP contribution in [0.5, 0.6) is 0 Å². The van der Waals surface area contributed by atoms with Crippen LogP contribution in [0.25, 0.3) is 5.82 Å². The topological polar surface area (TPSA) is 38.1 Å². The van der Waals surface area contributed by atoms with E-state index >= 15 is 0 Å². The molecule has 0 saturated carbocycles. The van der Waals surface area contributed by atoms with Gasteiger partial charge in [-0.25, -0.2) is 4.98 Å². The van der Waals surface area contributed by atoms with E-state index in [0.717, 1.165) is 48.7 Å². The molecule has 3 aromatic heterocycles. The smallest absolute Gasteiger partial charge is 0.177 e. The van der Waals surface area contributed by atoms with Crippen molar-refractivity contribution < 1.29 is 4.79 Å². The third-order valence-corrected chi connectivity index (χ3v) is 6.39. The normalized spacial score (nSPS) is 17.9. The second-order valence-corrected chi connectivity index (χ2v) is 8.43. The van der Waals surface area contributed by atoms with Gasteiger partial charge in [0.15, 0.2) is 5.78 Å². The maximum atomic E-state index is 12.9. The Morgan fingerprint density at radius 3 is 2.96 bits per heavy atom. The minimum absolute atomic E-state index is 0.0909. The van der Waals surface area contributed by atoms with Gasteiger partial charge < -0.3 is 4.57 Å². The second-order valence-electron chi connectivity index (χ2n) is 7.08. The lowest BCUT2D eigenvalue weighted by molar-refractivity contribution is 0.0813. The number of hydrogen-bond donors (Lipinski definition) is 0. The molecule has 4 nitrogen and oxygen atoms in total. The molecule has 0 amide bonds. The van der Waals surface area contributed by atoms with E-state index in [-0.39, 0.29) is 5.92 Å². The number of likely N-dealkylation sites (tertiary alicyclic amines) is 1. The van der Waals surface area contributed by atoms with Crippen LogP contribution in [-0.2, 0) is 6.54 Å². The van der Waals surface area contributed by atoms with Crippen LogP contribution >= 0.6 is 22.9 Å². The number of thiophene rings is 1. The first-order chi connectivity index (χ1) is 13.1. The maximum absolute atomic E-state index is 12.9. The molecule has 4 rings (SSSR count). The zero-order valence-corrected chi connectivity index (χ0v) is 16.8. The lowest BCUT2D eigenvalue weighted by atomic mass is 9.92. The van der Waals surface area contributed by atoms with Gasteiger partial charge in [0.25, 0.3) is 0 Å². The Labute approximate surface area is 168 Å². The first-order valence-corrected chi connectivity index (χ1v) is 10.5. The van der Waals surface area contributed by atoms with Gasteiger partial charge in [0.2, 0.25) is 0 Å². The quantitative estimate of drug-likeness (QED) is 0.567. The fraction of sp³-hybridized carbons (Fsp3) is 0.333. The Morgan fingerprint density at radius 2 is 2.22 bits per heavy atom. The van der Waals surface area contributed by atoms with Gasteiger partial charge in [0, 0.05) is 37.1 Å². The summed E-state index contributed by atoms with van der Waals surface area (Å²) in [5.74, 6) is 1.26. The van der Waals surface area contributed by atoms with E-state index < -0.39 is 0 Å². The molecule has 0 aromatic carbocycles. The summed E-state index contributed by atoms with van der Waals surface area (Å²) in [5, 5.41) is 2.64. The molecule has 3 aromatic rings. The van der Waals surface area contributed by atoms with Gasteiger partial charge in [0.1, 0.15) is 5.82 Å². The molecule has 140 valence electrons. The minimum atomic E-state index is 0.0909. The number of pyridine rings is 1. The molecule has 4 heterocycles. The Morgan fingerprint density at radius 1 is 1.33 bits per heavy atom. The summed E-state index contributed by atoms with van der Waals surface area (Å²) in [4.78, 5) is 20.6. The number of ketones is 1. The summed E-state index contributed by atoms with van der Waals surface area (Å²) in [6.45, 7) is 4.67. The van der Waals surface area contributed by atoms with Crippen molar-refractivity contribution in [3.05, 3.63) is 69.3 Å². The van der Waals surface area contributed by atoms with Crippen LogP contribution in [0.1, 0.15) is 33.8 Å². The average molecular weight is 400 g/mol. The van der Waals surface area contributed by atoms with Crippen molar-refractivity contribution in [3.8, 4) is 5.82 Å². The molecule has 0 radical (unpaired) electrons. The van der Waals surface area contributed by atoms with Gasteiger partial charge in [-0.2, -0.15) is 0 Å². The van der Waals surface area contributed by atoms with Crippen molar-refractivity contribution in [1.29, 1.82) is 0 Å². The van der Waals surface area contributed by atoms with Crippen molar-refractivity contribution in [1.82, 2.24) is 14.5 Å². The van der Waals surface area contributed by atoms with E-state index in [0.29, 0.717) is 10.8 Å². The minimum Gasteiger partial charge on any atom is -0.304 e. The van der Waals surface area contributed by atoms with Crippen LogP contribution in [0.3, 0.4) is 0 Å². The predicted octanol–water partition coefficient (Wildman–Crippen LogP) is 4.99. The van der Waals surface area contributed by atoms with Crippen molar-refractivity contribution in [2.75, 3.05) is 13.1 Å². The summed E-state index contributed by atoms with van der Waals surface area (Å²) in [7, 11) is 0. The zero-order chi connectivity index (χ0) is 18.8. The van der Waals surface area contributed by atoms with Gasteiger partial charge in [-0.15, -0.1) is 11.3 Å². The van der Waals surface area contributed by atoms with E-state index in [2.05, 4.69) is 20.5 Å². The third kappa shape index (κ3) is 4.00. The molecule has 1 fully saturated rings. The van der Waals surface area contributed by atoms with E-state index in [1.54, 1.807) is 17.5 Å². The van der Waals surface area contributed by atoms with Crippen molar-refractivity contribution in [3.63, 3.8) is 0 Å². The molecular weight excluding hydrogens is 378 g/mol. The highest BCUT2D eigenvalue weighted by atomic mass is 35.5. The van der Waals surface area contributed by atoms with Gasteiger partial charge in [-0.1, -0.05) is 11.6 Å². The van der Waals surface area contributed by atoms with Gasteiger partial charge in [-0.05, 0) is 67.6 Å². The first kappa shape index (κ1) is 18.4. The highest BCUT2D eigenvalue weighted by Gasteiger charge is 2.28. The van der Waals surface area contributed by atoms with Gasteiger partial charge >= 0.3 is 0 Å². The zero-order valence-electron chi connectivity index (χ0n) is 15.3. The SMILES string of the molecule is Cc1ccsc1C(=O)[C@H]1CCCN(Cc2cccn2-c2ccc(Cl)cn2)C1. The largest absolute Gasteiger partial charge is 0.304 e. The van der Waals surface area contributed by atoms with Crippen LogP contribution in [-0.4, -0.2) is 33.3 Å². The molecule has 0 unspecified atom stereocenters. The van der Waals surface area contributed by atoms with E-state index in [1.807, 2.05) is 42.8 Å². The van der Waals surface area contributed by atoms with Crippen LogP contribution in [0.4, 0.5) is 0 Å². The molecule has 1 saturated heterocycles. The summed E-state index contributed by atoms with van der Waals surface area (Å²) < 4.78 is 2.09. The summed E-state index contributed by atoms with van der Waals surface area (Å²) >= 11 is 7.52. The Kier molecular flexibility index (Phi) is 5.43. The van der Waals surface area contributed by atoms with Crippen LogP contribution < -0.4 is 0 Å². The Balaban J connectivity index is 1.47. The average Bonchev–Trinajstić information content (AvgIpc) is 3.31. The van der Waals surface area contributed by atoms with Crippen molar-refractivity contribution >= 4 is 28.7 Å². The van der Waals surface area contributed by atoms with E-state index in [4.69, 9.17) is 11.6 Å². The molecule has 0 aliphatic carbocycles. The second kappa shape index (κ2) is 7.97. The number of carbonyl (C=O) groups excluding carboxylic acids is 1. The number of aryl methyl sites for hydroxylation is 1. The van der Waals surface area contributed by atoms with Crippen molar-refractivity contribution in [2.45, 2.75) is 26.3 Å². The molecule has 0 spiro atoms. The molecule has 1 aliphatic heterocycles. The number of aromatic nitrogens is 2. The lowest BCUT2D eigenvalue weighted by Crippen LogP contribution is -2.38. The predicted molar refractivity (Wildman–Crippen MR) is 110 cm³/mol. The number of piperidine rings is 1. The molecule has 0 bridgehead atoms. The van der Waals surface area contributed by atoms with Crippen molar-refractivity contribution in [2.24, 2.45) is 5.92 Å². The number of hydrogen-bond acceptors (Lipinski definition) is 4. The number of halogens is 1.